The molecule has 1 atom stereocenters. The molecule has 0 bridgehead atoms. The summed E-state index contributed by atoms with van der Waals surface area (Å²) in [7, 11) is 0. The van der Waals surface area contributed by atoms with Gasteiger partial charge in [-0.15, -0.1) is 0 Å². The van der Waals surface area contributed by atoms with Crippen LogP contribution in [0, 0.1) is 13.8 Å². The highest BCUT2D eigenvalue weighted by Gasteiger charge is 2.23. The largest absolute Gasteiger partial charge is 0.486 e. The molecule has 21 heavy (non-hydrogen) atoms. The molecule has 1 N–H and O–H groups in total. The van der Waals surface area contributed by atoms with Crippen molar-refractivity contribution in [2.45, 2.75) is 20.0 Å². The van der Waals surface area contributed by atoms with Crippen LogP contribution in [0.3, 0.4) is 0 Å². The predicted octanol–water partition coefficient (Wildman–Crippen LogP) is 1.86. The van der Waals surface area contributed by atoms with E-state index >= 15 is 0 Å². The fraction of sp³-hybridized carbons (Fsp3) is 0.333. The maximum atomic E-state index is 12.1. The number of nitrogens with one attached hydrogen (secondary N) is 1. The van der Waals surface area contributed by atoms with Crippen molar-refractivity contribution in [2.75, 3.05) is 13.2 Å². The van der Waals surface area contributed by atoms with Gasteiger partial charge in [-0.25, -0.2) is 0 Å². The Hall–Kier alpha value is -2.50. The van der Waals surface area contributed by atoms with Gasteiger partial charge in [0.1, 0.15) is 24.0 Å². The zero-order chi connectivity index (χ0) is 14.8. The second kappa shape index (κ2) is 5.47. The van der Waals surface area contributed by atoms with E-state index in [1.54, 1.807) is 13.8 Å². The summed E-state index contributed by atoms with van der Waals surface area (Å²) in [5.74, 6) is 1.72. The molecule has 0 aliphatic carbocycles. The van der Waals surface area contributed by atoms with Crippen molar-refractivity contribution in [1.29, 1.82) is 0 Å². The highest BCUT2D eigenvalue weighted by Crippen LogP contribution is 2.30. The molecule has 110 valence electrons. The van der Waals surface area contributed by atoms with Crippen molar-refractivity contribution in [1.82, 2.24) is 10.5 Å². The molecule has 1 aliphatic heterocycles. The SMILES string of the molecule is Cc1noc(C)c1C(=O)NCC1COc2ccccc2O1. The number of amides is 1. The lowest BCUT2D eigenvalue weighted by atomic mass is 10.2. The maximum Gasteiger partial charge on any atom is 0.256 e. The fourth-order valence-corrected chi connectivity index (χ4v) is 2.27. The number of nitrogens with zero attached hydrogens (tertiary/aromatic N) is 1. The Morgan fingerprint density at radius 1 is 1.33 bits per heavy atom. The van der Waals surface area contributed by atoms with Crippen LogP contribution in [0.2, 0.25) is 0 Å². The van der Waals surface area contributed by atoms with Crippen LogP contribution in [0.5, 0.6) is 11.5 Å². The molecule has 1 aromatic heterocycles. The number of aromatic nitrogens is 1. The van der Waals surface area contributed by atoms with Crippen molar-refractivity contribution in [3.63, 3.8) is 0 Å². The molecule has 1 aromatic carbocycles. The monoisotopic (exact) mass is 288 g/mol. The topological polar surface area (TPSA) is 73.6 Å². The second-order valence-electron chi connectivity index (χ2n) is 4.91. The van der Waals surface area contributed by atoms with Gasteiger partial charge in [-0.05, 0) is 26.0 Å². The summed E-state index contributed by atoms with van der Waals surface area (Å²) in [6.45, 7) is 4.21. The van der Waals surface area contributed by atoms with Crippen LogP contribution in [0.15, 0.2) is 28.8 Å². The van der Waals surface area contributed by atoms with Gasteiger partial charge >= 0.3 is 0 Å². The van der Waals surface area contributed by atoms with E-state index in [0.29, 0.717) is 35.9 Å². The fourth-order valence-electron chi connectivity index (χ4n) is 2.27. The molecule has 0 saturated carbocycles. The number of carbonyl (C=O) groups is 1. The van der Waals surface area contributed by atoms with Crippen LogP contribution >= 0.6 is 0 Å². The Morgan fingerprint density at radius 3 is 2.81 bits per heavy atom. The van der Waals surface area contributed by atoms with Crippen molar-refractivity contribution in [3.05, 3.63) is 41.3 Å². The highest BCUT2D eigenvalue weighted by molar-refractivity contribution is 5.96. The first-order valence-corrected chi connectivity index (χ1v) is 6.74. The number of benzene rings is 1. The summed E-state index contributed by atoms with van der Waals surface area (Å²) >= 11 is 0. The summed E-state index contributed by atoms with van der Waals surface area (Å²) in [5.41, 5.74) is 1.06. The molecule has 1 aliphatic rings. The van der Waals surface area contributed by atoms with E-state index in [2.05, 4.69) is 10.5 Å². The molecule has 6 nitrogen and oxygen atoms in total. The molecule has 0 saturated heterocycles. The Balaban J connectivity index is 1.61. The zero-order valence-electron chi connectivity index (χ0n) is 11.9. The van der Waals surface area contributed by atoms with Crippen molar-refractivity contribution in [3.8, 4) is 11.5 Å². The number of rotatable bonds is 3. The van der Waals surface area contributed by atoms with E-state index in [9.17, 15) is 4.79 Å². The average molecular weight is 288 g/mol. The molecule has 2 heterocycles. The third-order valence-electron chi connectivity index (χ3n) is 3.32. The summed E-state index contributed by atoms with van der Waals surface area (Å²) < 4.78 is 16.4. The molecule has 2 aromatic rings. The summed E-state index contributed by atoms with van der Waals surface area (Å²) in [6.07, 6.45) is -0.218. The number of hydrogen-bond acceptors (Lipinski definition) is 5. The predicted molar refractivity (Wildman–Crippen MR) is 74.7 cm³/mol. The number of carbonyl (C=O) groups excluding carboxylic acids is 1. The molecule has 1 amide bonds. The molecule has 3 rings (SSSR count). The Morgan fingerprint density at radius 2 is 2.10 bits per heavy atom. The number of ether oxygens (including phenoxy) is 2. The lowest BCUT2D eigenvalue weighted by molar-refractivity contribution is 0.0788. The summed E-state index contributed by atoms with van der Waals surface area (Å²) in [5, 5.41) is 6.59. The van der Waals surface area contributed by atoms with Crippen molar-refractivity contribution >= 4 is 5.91 Å². The van der Waals surface area contributed by atoms with Gasteiger partial charge in [0, 0.05) is 0 Å². The number of para-hydroxylation sites is 2. The Bertz CT molecular complexity index is 646. The van der Waals surface area contributed by atoms with Crippen LogP contribution in [0.1, 0.15) is 21.8 Å². The first-order chi connectivity index (χ1) is 10.1. The van der Waals surface area contributed by atoms with Gasteiger partial charge < -0.3 is 19.3 Å². The quantitative estimate of drug-likeness (QED) is 0.933. The molecule has 0 spiro atoms. The van der Waals surface area contributed by atoms with Crippen LogP contribution in [0.4, 0.5) is 0 Å². The molecule has 0 fully saturated rings. The number of hydrogen-bond donors (Lipinski definition) is 1. The van der Waals surface area contributed by atoms with E-state index in [-0.39, 0.29) is 12.0 Å². The van der Waals surface area contributed by atoms with E-state index in [4.69, 9.17) is 14.0 Å². The average Bonchev–Trinajstić information content (AvgIpc) is 2.84. The minimum Gasteiger partial charge on any atom is -0.486 e. The van der Waals surface area contributed by atoms with E-state index in [1.165, 1.54) is 0 Å². The van der Waals surface area contributed by atoms with Gasteiger partial charge in [-0.3, -0.25) is 4.79 Å². The first kappa shape index (κ1) is 13.5. The normalized spacial score (nSPS) is 16.6. The molecule has 0 radical (unpaired) electrons. The lowest BCUT2D eigenvalue weighted by Gasteiger charge is -2.26. The van der Waals surface area contributed by atoms with Crippen LogP contribution in [-0.4, -0.2) is 30.3 Å². The molecule has 6 heteroatoms. The minimum atomic E-state index is -0.218. The Kier molecular flexibility index (Phi) is 3.51. The van der Waals surface area contributed by atoms with Crippen LogP contribution in [-0.2, 0) is 0 Å². The number of fused-ring (bicyclic) bond motifs is 1. The summed E-state index contributed by atoms with van der Waals surface area (Å²) in [6, 6.07) is 7.47. The van der Waals surface area contributed by atoms with Crippen LogP contribution in [0.25, 0.3) is 0 Å². The van der Waals surface area contributed by atoms with Gasteiger partial charge in [0.2, 0.25) is 0 Å². The van der Waals surface area contributed by atoms with Crippen molar-refractivity contribution < 1.29 is 18.8 Å². The van der Waals surface area contributed by atoms with E-state index < -0.39 is 0 Å². The van der Waals surface area contributed by atoms with Crippen molar-refractivity contribution in [2.24, 2.45) is 0 Å². The standard InChI is InChI=1S/C15H16N2O4/c1-9-14(10(2)21-17-9)15(18)16-7-11-8-19-12-5-3-4-6-13(12)20-11/h3-6,11H,7-8H2,1-2H3,(H,16,18). The molecule has 1 unspecified atom stereocenters. The van der Waals surface area contributed by atoms with Crippen LogP contribution < -0.4 is 14.8 Å². The summed E-state index contributed by atoms with van der Waals surface area (Å²) in [4.78, 5) is 12.1. The van der Waals surface area contributed by atoms with E-state index in [1.807, 2.05) is 24.3 Å². The smallest absolute Gasteiger partial charge is 0.256 e. The lowest BCUT2D eigenvalue weighted by Crippen LogP contribution is -2.40. The Labute approximate surface area is 122 Å². The molecular formula is C15H16N2O4. The zero-order valence-corrected chi connectivity index (χ0v) is 11.9. The van der Waals surface area contributed by atoms with Gasteiger partial charge in [-0.2, -0.15) is 0 Å². The van der Waals surface area contributed by atoms with Gasteiger partial charge in [0.25, 0.3) is 5.91 Å². The van der Waals surface area contributed by atoms with E-state index in [0.717, 1.165) is 5.75 Å². The van der Waals surface area contributed by atoms with Gasteiger partial charge in [-0.1, -0.05) is 17.3 Å². The number of aryl methyl sites for hydroxylation is 2. The second-order valence-corrected chi connectivity index (χ2v) is 4.91. The molecular weight excluding hydrogens is 272 g/mol. The minimum absolute atomic E-state index is 0.214. The van der Waals surface area contributed by atoms with Gasteiger partial charge in [0.15, 0.2) is 11.5 Å². The first-order valence-electron chi connectivity index (χ1n) is 6.74. The highest BCUT2D eigenvalue weighted by atomic mass is 16.6. The third kappa shape index (κ3) is 2.69. The van der Waals surface area contributed by atoms with Gasteiger partial charge in [0.05, 0.1) is 12.2 Å². The maximum absolute atomic E-state index is 12.1. The third-order valence-corrected chi connectivity index (χ3v) is 3.32.